The Morgan fingerprint density at radius 2 is 2.15 bits per heavy atom. The van der Waals surface area contributed by atoms with Crippen molar-refractivity contribution in [1.82, 2.24) is 19.3 Å². The predicted octanol–water partition coefficient (Wildman–Crippen LogP) is 2.09. The first kappa shape index (κ1) is 18.3. The third-order valence-corrected chi connectivity index (χ3v) is 6.94. The summed E-state index contributed by atoms with van der Waals surface area (Å²) < 4.78 is 55.8. The van der Waals surface area contributed by atoms with Crippen LogP contribution in [0.4, 0.5) is 14.6 Å². The summed E-state index contributed by atoms with van der Waals surface area (Å²) in [5, 5.41) is 3.14. The van der Waals surface area contributed by atoms with Gasteiger partial charge in [0, 0.05) is 43.9 Å². The number of pyridine rings is 1. The maximum Gasteiger partial charge on any atom is 0.251 e. The number of halogens is 2. The van der Waals surface area contributed by atoms with Crippen molar-refractivity contribution in [3.63, 3.8) is 0 Å². The van der Waals surface area contributed by atoms with Crippen LogP contribution in [0.15, 0.2) is 29.7 Å². The minimum Gasteiger partial charge on any atom is -0.369 e. The van der Waals surface area contributed by atoms with E-state index in [9.17, 15) is 17.2 Å². The van der Waals surface area contributed by atoms with Gasteiger partial charge in [0.15, 0.2) is 0 Å². The summed E-state index contributed by atoms with van der Waals surface area (Å²) in [6, 6.07) is 1.49. The summed E-state index contributed by atoms with van der Waals surface area (Å²) in [6.07, 6.45) is 5.14. The number of sulfonamides is 1. The molecular formula is C17H21F2N5O2S. The zero-order valence-corrected chi connectivity index (χ0v) is 15.8. The molecule has 2 aromatic heterocycles. The number of rotatable bonds is 6. The van der Waals surface area contributed by atoms with Crippen molar-refractivity contribution in [3.05, 3.63) is 24.8 Å². The molecule has 2 saturated carbocycles. The van der Waals surface area contributed by atoms with Crippen LogP contribution in [0.5, 0.6) is 0 Å². The van der Waals surface area contributed by atoms with Gasteiger partial charge in [-0.1, -0.05) is 0 Å². The van der Waals surface area contributed by atoms with Gasteiger partial charge in [-0.05, 0) is 31.4 Å². The lowest BCUT2D eigenvalue weighted by Gasteiger charge is -2.15. The second-order valence-electron chi connectivity index (χ2n) is 7.23. The molecule has 0 amide bonds. The summed E-state index contributed by atoms with van der Waals surface area (Å²) in [5.74, 6) is -2.69. The number of aryl methyl sites for hydroxylation is 1. The molecule has 146 valence electrons. The number of nitrogens with zero attached hydrogens (tertiary/aromatic N) is 3. The molecule has 10 heteroatoms. The molecule has 2 aromatic rings. The first-order valence-electron chi connectivity index (χ1n) is 8.76. The van der Waals surface area contributed by atoms with E-state index in [1.165, 1.54) is 19.3 Å². The molecule has 0 aromatic carbocycles. The van der Waals surface area contributed by atoms with Crippen molar-refractivity contribution in [2.45, 2.75) is 23.7 Å². The maximum atomic E-state index is 13.8. The van der Waals surface area contributed by atoms with Crippen LogP contribution in [-0.4, -0.2) is 42.5 Å². The maximum absolute atomic E-state index is 13.8. The molecule has 2 aliphatic rings. The summed E-state index contributed by atoms with van der Waals surface area (Å²) in [6.45, 7) is 0.385. The Labute approximate surface area is 156 Å². The molecule has 0 aliphatic heterocycles. The zero-order valence-electron chi connectivity index (χ0n) is 15.0. The molecule has 3 atom stereocenters. The highest BCUT2D eigenvalue weighted by Gasteiger charge is 2.66. The Kier molecular flexibility index (Phi) is 4.22. The molecule has 0 saturated heterocycles. The van der Waals surface area contributed by atoms with Crippen molar-refractivity contribution in [1.29, 1.82) is 0 Å². The Bertz CT molecular complexity index is 975. The highest BCUT2D eigenvalue weighted by molar-refractivity contribution is 7.89. The number of nitrogens with one attached hydrogen (secondary N) is 2. The van der Waals surface area contributed by atoms with Gasteiger partial charge in [-0.15, -0.1) is 0 Å². The molecule has 27 heavy (non-hydrogen) atoms. The molecule has 7 nitrogen and oxygen atoms in total. The van der Waals surface area contributed by atoms with Crippen molar-refractivity contribution in [2.75, 3.05) is 18.9 Å². The van der Waals surface area contributed by atoms with Gasteiger partial charge < -0.3 is 9.88 Å². The molecule has 0 spiro atoms. The van der Waals surface area contributed by atoms with Gasteiger partial charge >= 0.3 is 0 Å². The second kappa shape index (κ2) is 6.23. The van der Waals surface area contributed by atoms with E-state index in [2.05, 4.69) is 20.0 Å². The summed E-state index contributed by atoms with van der Waals surface area (Å²) in [7, 11) is -0.528. The fourth-order valence-corrected chi connectivity index (χ4v) is 4.78. The summed E-state index contributed by atoms with van der Waals surface area (Å²) >= 11 is 0. The first-order valence-corrected chi connectivity index (χ1v) is 10.2. The van der Waals surface area contributed by atoms with Crippen LogP contribution in [0.2, 0.25) is 0 Å². The smallest absolute Gasteiger partial charge is 0.251 e. The second-order valence-corrected chi connectivity index (χ2v) is 9.12. The lowest BCUT2D eigenvalue weighted by Crippen LogP contribution is -2.21. The summed E-state index contributed by atoms with van der Waals surface area (Å²) in [4.78, 5) is 8.53. The normalized spacial score (nSPS) is 26.0. The van der Waals surface area contributed by atoms with Crippen LogP contribution in [-0.2, 0) is 17.1 Å². The molecule has 0 radical (unpaired) electrons. The first-order chi connectivity index (χ1) is 12.7. The number of hydrogen-bond donors (Lipinski definition) is 2. The van der Waals surface area contributed by atoms with Crippen molar-refractivity contribution >= 4 is 15.8 Å². The number of anilines is 1. The standard InChI is InChI=1S/C17H21F2N5O2S/c1-20-27(25,26)10-5-12(14-8-24(2)9-23-14)16(21-6-10)22-7-13-11-3-4-17(18,19)15(11)13/h5-6,8-9,11,13,15,20H,3-4,7H2,1-2H3,(H,21,22)/t11-,13-,15-/m1/s1. The minimum absolute atomic E-state index is 0.0195. The van der Waals surface area contributed by atoms with Gasteiger partial charge in [-0.25, -0.2) is 31.9 Å². The third-order valence-electron chi connectivity index (χ3n) is 5.56. The van der Waals surface area contributed by atoms with E-state index in [4.69, 9.17) is 0 Å². The fourth-order valence-electron chi connectivity index (χ4n) is 4.08. The molecule has 0 bridgehead atoms. The summed E-state index contributed by atoms with van der Waals surface area (Å²) in [5.41, 5.74) is 1.08. The van der Waals surface area contributed by atoms with Gasteiger partial charge in [0.1, 0.15) is 10.7 Å². The van der Waals surface area contributed by atoms with Crippen molar-refractivity contribution < 1.29 is 17.2 Å². The number of aromatic nitrogens is 3. The molecule has 2 N–H and O–H groups in total. The van der Waals surface area contributed by atoms with Crippen LogP contribution in [0.3, 0.4) is 0 Å². The number of fused-ring (bicyclic) bond motifs is 1. The largest absolute Gasteiger partial charge is 0.369 e. The lowest BCUT2D eigenvalue weighted by molar-refractivity contribution is -0.0204. The van der Waals surface area contributed by atoms with Crippen LogP contribution in [0, 0.1) is 17.8 Å². The van der Waals surface area contributed by atoms with Gasteiger partial charge in [-0.2, -0.15) is 0 Å². The topological polar surface area (TPSA) is 88.9 Å². The molecule has 2 fully saturated rings. The Morgan fingerprint density at radius 1 is 1.37 bits per heavy atom. The molecule has 4 rings (SSSR count). The van der Waals surface area contributed by atoms with Crippen molar-refractivity contribution in [2.24, 2.45) is 24.8 Å². The van der Waals surface area contributed by atoms with E-state index in [1.807, 2.05) is 0 Å². The van der Waals surface area contributed by atoms with E-state index < -0.39 is 21.9 Å². The molecular weight excluding hydrogens is 376 g/mol. The third kappa shape index (κ3) is 3.20. The number of alkyl halides is 2. The van der Waals surface area contributed by atoms with E-state index in [0.29, 0.717) is 30.0 Å². The quantitative estimate of drug-likeness (QED) is 0.779. The highest BCUT2D eigenvalue weighted by atomic mass is 32.2. The monoisotopic (exact) mass is 397 g/mol. The van der Waals surface area contributed by atoms with E-state index >= 15 is 0 Å². The average Bonchev–Trinajstić information content (AvgIpc) is 3.03. The van der Waals surface area contributed by atoms with E-state index in [0.717, 1.165) is 0 Å². The van der Waals surface area contributed by atoms with Crippen LogP contribution in [0.1, 0.15) is 12.8 Å². The van der Waals surface area contributed by atoms with Gasteiger partial charge in [0.2, 0.25) is 10.0 Å². The zero-order chi connectivity index (χ0) is 19.4. The van der Waals surface area contributed by atoms with Crippen LogP contribution >= 0.6 is 0 Å². The van der Waals surface area contributed by atoms with Crippen molar-refractivity contribution in [3.8, 4) is 11.3 Å². The molecule has 2 heterocycles. The van der Waals surface area contributed by atoms with Gasteiger partial charge in [0.25, 0.3) is 5.92 Å². The Morgan fingerprint density at radius 3 is 2.74 bits per heavy atom. The van der Waals surface area contributed by atoms with E-state index in [-0.39, 0.29) is 23.2 Å². The SMILES string of the molecule is CNS(=O)(=O)c1cnc(NC[C@@H]2[C@H]3CCC(F)(F)[C@H]32)c(-c2cn(C)cn2)c1. The fraction of sp³-hybridized carbons (Fsp3) is 0.529. The van der Waals surface area contributed by atoms with Crippen LogP contribution < -0.4 is 10.0 Å². The number of imidazole rings is 1. The highest BCUT2D eigenvalue weighted by Crippen LogP contribution is 2.64. The Hall–Kier alpha value is -2.07. The number of hydrogen-bond acceptors (Lipinski definition) is 5. The molecule has 2 aliphatic carbocycles. The van der Waals surface area contributed by atoms with Gasteiger partial charge in [0.05, 0.1) is 12.0 Å². The molecule has 0 unspecified atom stereocenters. The van der Waals surface area contributed by atoms with E-state index in [1.54, 1.807) is 24.1 Å². The average molecular weight is 397 g/mol. The lowest BCUT2D eigenvalue weighted by atomic mass is 10.1. The van der Waals surface area contributed by atoms with Gasteiger partial charge in [-0.3, -0.25) is 0 Å². The minimum atomic E-state index is -3.66. The Balaban J connectivity index is 1.60. The van der Waals surface area contributed by atoms with Crippen LogP contribution in [0.25, 0.3) is 11.3 Å². The predicted molar refractivity (Wildman–Crippen MR) is 95.8 cm³/mol.